The van der Waals surface area contributed by atoms with Crippen LogP contribution in [0, 0.1) is 44.4 Å². The van der Waals surface area contributed by atoms with E-state index in [0.29, 0.717) is 55.7 Å². The van der Waals surface area contributed by atoms with Crippen LogP contribution >= 0.6 is 11.6 Å². The average Bonchev–Trinajstić information content (AvgIpc) is 3.96. The molecule has 20 nitrogen and oxygen atoms in total. The number of non-ortho nitro benzene ring substituents is 1. The first-order valence-electron chi connectivity index (χ1n) is 18.6. The number of halogens is 3. The molecule has 6 aromatic heterocycles. The van der Waals surface area contributed by atoms with Crippen LogP contribution < -0.4 is 22.7 Å². The van der Waals surface area contributed by atoms with E-state index < -0.39 is 23.7 Å². The number of nitrogen functional groups attached to an aromatic ring is 3. The second-order valence-corrected chi connectivity index (χ2v) is 29.2. The summed E-state index contributed by atoms with van der Waals surface area (Å²) < 4.78 is 31.0. The highest BCUT2D eigenvalue weighted by molar-refractivity contribution is 8.74. The van der Waals surface area contributed by atoms with E-state index in [4.69, 9.17) is 49.4 Å². The number of hydrogen-bond donors (Lipinski definition) is 5. The van der Waals surface area contributed by atoms with Crippen LogP contribution in [0.5, 0.6) is 0 Å². The lowest BCUT2D eigenvalue weighted by molar-refractivity contribution is -0.385. The van der Waals surface area contributed by atoms with Crippen molar-refractivity contribution >= 4 is 172 Å². The molecule has 0 unspecified atom stereocenters. The number of nitro groups is 1. The van der Waals surface area contributed by atoms with Gasteiger partial charge in [0.05, 0.1) is 64.1 Å². The zero-order valence-electron chi connectivity index (χ0n) is 35.0. The van der Waals surface area contributed by atoms with E-state index in [9.17, 15) is 18.9 Å². The molecule has 8 N–H and O–H groups in total. The summed E-state index contributed by atoms with van der Waals surface area (Å²) in [5.41, 5.74) is 20.5. The van der Waals surface area contributed by atoms with Gasteiger partial charge in [0.25, 0.3) is 5.69 Å². The van der Waals surface area contributed by atoms with Gasteiger partial charge in [0, 0.05) is 161 Å². The zero-order valence-corrected chi connectivity index (χ0v) is 44.7. The van der Waals surface area contributed by atoms with Crippen molar-refractivity contribution in [2.75, 3.05) is 17.2 Å². The summed E-state index contributed by atoms with van der Waals surface area (Å²) in [7, 11) is 12.9. The SMILES string of the molecule is C.N#Cc1cncc(-c2nc(N)nc3c2cnn3Cc2ccc(N)cc2F)c1.N#Cc1cncc(B(O)O)c1.Nc1nc(Cl)c2cnn(Cc3ccc([N+](=O)[O-])cc3F)c2n1.S=S=S=S=S=S=S=S=S=S=S. The number of anilines is 3. The highest BCUT2D eigenvalue weighted by atomic mass is 35.5. The van der Waals surface area contributed by atoms with Crippen LogP contribution in [0.2, 0.25) is 5.15 Å². The van der Waals surface area contributed by atoms with Gasteiger partial charge in [0.1, 0.15) is 28.9 Å². The number of hydrogen-bond acceptors (Lipinski definition) is 19. The first-order chi connectivity index (χ1) is 34.1. The summed E-state index contributed by atoms with van der Waals surface area (Å²) in [5, 5.41) is 55.0. The Hall–Kier alpha value is -5.83. The van der Waals surface area contributed by atoms with Crippen molar-refractivity contribution in [3.8, 4) is 23.4 Å². The van der Waals surface area contributed by atoms with Crippen LogP contribution in [0.3, 0.4) is 0 Å². The number of nitrogens with two attached hydrogens (primary N) is 3. The molecular weight excluding hydrogens is 1170 g/mol. The number of fused-ring (bicyclic) bond motifs is 2. The molecule has 0 aliphatic carbocycles. The smallest absolute Gasteiger partial charge is 0.423 e. The summed E-state index contributed by atoms with van der Waals surface area (Å²) in [6.45, 7) is 0.183. The van der Waals surface area contributed by atoms with Gasteiger partial charge in [0.15, 0.2) is 11.3 Å². The van der Waals surface area contributed by atoms with E-state index in [1.165, 1.54) is 76.2 Å². The topological polar surface area (TPSA) is 322 Å². The number of aromatic nitrogens is 10. The highest BCUT2D eigenvalue weighted by Crippen LogP contribution is 2.28. The van der Waals surface area contributed by atoms with E-state index in [-0.39, 0.29) is 54.3 Å². The molecule has 0 spiro atoms. The first kappa shape index (κ1) is 58.7. The predicted molar refractivity (Wildman–Crippen MR) is 301 cm³/mol. The summed E-state index contributed by atoms with van der Waals surface area (Å²) in [6, 6.07) is 14.8. The maximum absolute atomic E-state index is 14.1. The molecule has 372 valence electrons. The molecule has 0 aliphatic rings. The lowest BCUT2D eigenvalue weighted by Gasteiger charge is -2.07. The molecule has 0 amide bonds. The molecule has 35 heteroatoms. The molecule has 6 heterocycles. The second-order valence-electron chi connectivity index (χ2n) is 12.9. The monoisotopic (exact) mass is 1200 g/mol. The first-order valence-corrected chi connectivity index (χ1v) is 32.3. The van der Waals surface area contributed by atoms with Gasteiger partial charge < -0.3 is 27.2 Å². The van der Waals surface area contributed by atoms with Crippen LogP contribution in [0.25, 0.3) is 33.3 Å². The Kier molecular flexibility index (Phi) is 24.2. The van der Waals surface area contributed by atoms with Crippen molar-refractivity contribution in [3.63, 3.8) is 0 Å². The fourth-order valence-electron chi connectivity index (χ4n) is 5.52. The number of nitriles is 2. The molecular formula is C37H30BClF2N16O4S11. The number of nitrogens with zero attached hydrogens (tertiary/aromatic N) is 13. The maximum atomic E-state index is 14.1. The Labute approximate surface area is 447 Å². The molecule has 0 saturated heterocycles. The molecule has 0 aliphatic heterocycles. The second kappa shape index (κ2) is 29.6. The Morgan fingerprint density at radius 1 is 0.708 bits per heavy atom. The van der Waals surface area contributed by atoms with Crippen molar-refractivity contribution < 1.29 is 23.8 Å². The summed E-state index contributed by atoms with van der Waals surface area (Å²) in [6.07, 6.45) is 8.72. The van der Waals surface area contributed by atoms with Gasteiger partial charge in [-0.2, -0.15) is 30.7 Å². The summed E-state index contributed by atoms with van der Waals surface area (Å²) in [4.78, 5) is 34.0. The van der Waals surface area contributed by atoms with Crippen molar-refractivity contribution in [3.05, 3.63) is 135 Å². The quantitative estimate of drug-likeness (QED) is 0.0501. The minimum absolute atomic E-state index is 0. The predicted octanol–water partition coefficient (Wildman–Crippen LogP) is 3.51. The fourth-order valence-corrected chi connectivity index (χ4v) is 25.0. The normalized spacial score (nSPS) is 9.82. The van der Waals surface area contributed by atoms with Gasteiger partial charge in [-0.05, 0) is 30.3 Å². The number of nitro benzene ring substituents is 1. The van der Waals surface area contributed by atoms with E-state index in [1.807, 2.05) is 12.1 Å². The summed E-state index contributed by atoms with van der Waals surface area (Å²) >= 11 is 15.3. The van der Waals surface area contributed by atoms with Crippen molar-refractivity contribution in [1.29, 1.82) is 10.5 Å². The van der Waals surface area contributed by atoms with Crippen LogP contribution in [0.4, 0.5) is 32.1 Å². The molecule has 0 fully saturated rings. The average molecular weight is 1200 g/mol. The van der Waals surface area contributed by atoms with E-state index in [0.717, 1.165) is 6.07 Å². The van der Waals surface area contributed by atoms with Crippen LogP contribution in [0.15, 0.2) is 85.7 Å². The molecule has 0 atom stereocenters. The van der Waals surface area contributed by atoms with Gasteiger partial charge in [0.2, 0.25) is 11.9 Å². The lowest BCUT2D eigenvalue weighted by atomic mass is 9.81. The largest absolute Gasteiger partial charge is 0.490 e. The van der Waals surface area contributed by atoms with E-state index in [1.54, 1.807) is 92.8 Å². The minimum atomic E-state index is -1.56. The van der Waals surface area contributed by atoms with Gasteiger partial charge in [-0.25, -0.2) is 28.1 Å². The molecule has 0 bridgehead atoms. The van der Waals surface area contributed by atoms with Crippen molar-refractivity contribution in [2.24, 2.45) is 0 Å². The van der Waals surface area contributed by atoms with Crippen LogP contribution in [-0.4, -0.2) is 71.6 Å². The molecule has 2 aromatic carbocycles. The maximum Gasteiger partial charge on any atom is 0.490 e. The third-order valence-corrected chi connectivity index (χ3v) is 26.6. The van der Waals surface area contributed by atoms with Crippen molar-refractivity contribution in [2.45, 2.75) is 20.5 Å². The zero-order chi connectivity index (χ0) is 51.5. The molecule has 0 radical (unpaired) electrons. The highest BCUT2D eigenvalue weighted by Gasteiger charge is 2.17. The van der Waals surface area contributed by atoms with E-state index in [2.05, 4.69) is 62.5 Å². The standard InChI is InChI=1S/C18H13FN8.C12H8ClFN6O2.C6H5BN2O2.CH4.S11/c19-15-4-13(21)2-1-11(15)9-27-17-14(8-24-27)16(25-18(22)26-17)12-3-10(5-20)6-23-7-12;13-10-8-4-16-19(11(8)18-12(15)17-10)5-6-1-2-7(20(21)22)3-9(6)14;8-2-5-1-6(7(10)11)4-9-3-5;;1-3-5-7-9-11-10-8-6-4-2/h1-4,6-8H,9,21H2,(H2,22,25,26);1-4H,5H2,(H2,15,17,18);1,3-4,10-11H;1H4;. The van der Waals surface area contributed by atoms with Gasteiger partial charge >= 0.3 is 7.12 Å². The number of pyridine rings is 2. The van der Waals surface area contributed by atoms with Gasteiger partial charge in [-0.3, -0.25) is 20.1 Å². The Balaban J connectivity index is 0.000000224. The third-order valence-electron chi connectivity index (χ3n) is 8.50. The van der Waals surface area contributed by atoms with Gasteiger partial charge in [-0.1, -0.05) is 25.1 Å². The van der Waals surface area contributed by atoms with Crippen molar-refractivity contribution in [1.82, 2.24) is 49.5 Å². The van der Waals surface area contributed by atoms with Gasteiger partial charge in [-0.15, -0.1) is 0 Å². The van der Waals surface area contributed by atoms with E-state index >= 15 is 0 Å². The Morgan fingerprint density at radius 3 is 1.76 bits per heavy atom. The Bertz CT molecular complexity index is 3770. The molecule has 72 heavy (non-hydrogen) atoms. The van der Waals surface area contributed by atoms with Crippen LogP contribution in [-0.2, 0) is 115 Å². The lowest BCUT2D eigenvalue weighted by Crippen LogP contribution is -2.30. The number of rotatable bonds is 7. The van der Waals surface area contributed by atoms with Crippen LogP contribution in [0.1, 0.15) is 29.7 Å². The fraction of sp³-hybridized carbons (Fsp3) is 0.0811. The minimum Gasteiger partial charge on any atom is -0.423 e. The molecule has 8 rings (SSSR count). The molecule has 0 saturated carbocycles. The Morgan fingerprint density at radius 2 is 1.22 bits per heavy atom. The number of benzene rings is 2. The molecule has 8 aromatic rings. The third kappa shape index (κ3) is 17.2. The summed E-state index contributed by atoms with van der Waals surface area (Å²) in [5.74, 6) is -1.11.